The molecule has 0 bridgehead atoms. The van der Waals surface area contributed by atoms with Crippen LogP contribution < -0.4 is 14.8 Å². The van der Waals surface area contributed by atoms with E-state index in [-0.39, 0.29) is 12.1 Å². The molecule has 0 saturated carbocycles. The molecule has 2 heterocycles. The van der Waals surface area contributed by atoms with Crippen molar-refractivity contribution < 1.29 is 14.3 Å². The Balaban J connectivity index is 1.74. The Labute approximate surface area is 173 Å². The van der Waals surface area contributed by atoms with Gasteiger partial charge >= 0.3 is 6.01 Å². The summed E-state index contributed by atoms with van der Waals surface area (Å²) in [5.74, 6) is 0.441. The molecule has 1 amide bonds. The number of nitrogens with one attached hydrogen (secondary N) is 1. The quantitative estimate of drug-likeness (QED) is 0.476. The predicted octanol–water partition coefficient (Wildman–Crippen LogP) is 3.31. The molecule has 0 aliphatic carbocycles. The number of methoxy groups -OCH3 is 2. The number of aromatic nitrogens is 4. The summed E-state index contributed by atoms with van der Waals surface area (Å²) in [6.45, 7) is 1.93. The van der Waals surface area contributed by atoms with Crippen LogP contribution in [0.2, 0.25) is 0 Å². The molecule has 8 nitrogen and oxygen atoms in total. The standard InChI is InChI=1S/C22H21N5O3/c1-14(25-13-28)15-7-8-20-19(10-15)24-12-27(20)17-6-4-5-16(9-17)18-11-23-22(30-3)26-21(18)29-2/h4-14H,1-3H3,(H,25,28)/t14-/m1/s1. The van der Waals surface area contributed by atoms with E-state index in [1.54, 1.807) is 19.6 Å². The predicted molar refractivity (Wildman–Crippen MR) is 113 cm³/mol. The van der Waals surface area contributed by atoms with Crippen LogP contribution >= 0.6 is 0 Å². The number of hydrogen-bond donors (Lipinski definition) is 1. The molecule has 8 heteroatoms. The van der Waals surface area contributed by atoms with E-state index in [4.69, 9.17) is 9.47 Å². The second kappa shape index (κ2) is 8.20. The maximum atomic E-state index is 10.7. The maximum Gasteiger partial charge on any atom is 0.319 e. The van der Waals surface area contributed by atoms with Crippen molar-refractivity contribution in [1.82, 2.24) is 24.8 Å². The molecule has 2 aromatic carbocycles. The fourth-order valence-corrected chi connectivity index (χ4v) is 3.33. The van der Waals surface area contributed by atoms with E-state index in [2.05, 4.69) is 20.3 Å². The summed E-state index contributed by atoms with van der Waals surface area (Å²) < 4.78 is 12.5. The van der Waals surface area contributed by atoms with Crippen LogP contribution in [0.15, 0.2) is 55.0 Å². The normalized spacial score (nSPS) is 11.8. The Kier molecular flexibility index (Phi) is 5.30. The van der Waals surface area contributed by atoms with Gasteiger partial charge in [0.2, 0.25) is 12.3 Å². The average molecular weight is 403 g/mol. The lowest BCUT2D eigenvalue weighted by molar-refractivity contribution is -0.110. The van der Waals surface area contributed by atoms with E-state index in [0.717, 1.165) is 33.4 Å². The number of carbonyl (C=O) groups excluding carboxylic acids is 1. The van der Waals surface area contributed by atoms with E-state index in [1.807, 2.05) is 54.0 Å². The zero-order valence-electron chi connectivity index (χ0n) is 16.9. The molecular weight excluding hydrogens is 382 g/mol. The van der Waals surface area contributed by atoms with Crippen LogP contribution in [0.1, 0.15) is 18.5 Å². The summed E-state index contributed by atoms with van der Waals surface area (Å²) in [6.07, 6.45) is 4.17. The molecule has 0 unspecified atom stereocenters. The third-order valence-corrected chi connectivity index (χ3v) is 4.93. The van der Waals surface area contributed by atoms with Gasteiger partial charge in [-0.1, -0.05) is 18.2 Å². The van der Waals surface area contributed by atoms with Gasteiger partial charge in [-0.2, -0.15) is 4.98 Å². The van der Waals surface area contributed by atoms with Crippen molar-refractivity contribution in [2.45, 2.75) is 13.0 Å². The van der Waals surface area contributed by atoms with Gasteiger partial charge in [0.05, 0.1) is 36.9 Å². The highest BCUT2D eigenvalue weighted by atomic mass is 16.5. The first kappa shape index (κ1) is 19.4. The summed E-state index contributed by atoms with van der Waals surface area (Å²) in [5.41, 5.74) is 5.43. The third-order valence-electron chi connectivity index (χ3n) is 4.93. The van der Waals surface area contributed by atoms with E-state index in [9.17, 15) is 4.79 Å². The van der Waals surface area contributed by atoms with Crippen molar-refractivity contribution in [2.75, 3.05) is 14.2 Å². The molecule has 0 radical (unpaired) electrons. The van der Waals surface area contributed by atoms with E-state index in [1.165, 1.54) is 7.11 Å². The monoisotopic (exact) mass is 403 g/mol. The molecule has 1 atom stereocenters. The van der Waals surface area contributed by atoms with Crippen molar-refractivity contribution >= 4 is 17.4 Å². The highest BCUT2D eigenvalue weighted by molar-refractivity contribution is 5.79. The Bertz CT molecular complexity index is 1200. The zero-order valence-corrected chi connectivity index (χ0v) is 16.9. The molecule has 152 valence electrons. The van der Waals surface area contributed by atoms with Gasteiger partial charge in [-0.15, -0.1) is 0 Å². The molecule has 4 rings (SSSR count). The number of benzene rings is 2. The molecule has 0 aliphatic heterocycles. The first-order valence-corrected chi connectivity index (χ1v) is 9.37. The minimum atomic E-state index is -0.0806. The van der Waals surface area contributed by atoms with Crippen molar-refractivity contribution in [3.8, 4) is 28.7 Å². The summed E-state index contributed by atoms with van der Waals surface area (Å²) in [5, 5.41) is 2.76. The van der Waals surface area contributed by atoms with Crippen molar-refractivity contribution in [2.24, 2.45) is 0 Å². The van der Waals surface area contributed by atoms with Crippen LogP contribution in [0.25, 0.3) is 27.8 Å². The van der Waals surface area contributed by atoms with Gasteiger partial charge < -0.3 is 14.8 Å². The number of fused-ring (bicyclic) bond motifs is 1. The lowest BCUT2D eigenvalue weighted by Crippen LogP contribution is -2.15. The molecule has 4 aromatic rings. The minimum absolute atomic E-state index is 0.0806. The third kappa shape index (κ3) is 3.55. The van der Waals surface area contributed by atoms with Gasteiger partial charge in [-0.25, -0.2) is 9.97 Å². The second-order valence-corrected chi connectivity index (χ2v) is 6.70. The number of hydrogen-bond acceptors (Lipinski definition) is 6. The molecule has 2 aromatic heterocycles. The fourth-order valence-electron chi connectivity index (χ4n) is 3.33. The van der Waals surface area contributed by atoms with Crippen molar-refractivity contribution in [1.29, 1.82) is 0 Å². The lowest BCUT2D eigenvalue weighted by Gasteiger charge is -2.12. The van der Waals surface area contributed by atoms with Crippen molar-refractivity contribution in [3.05, 3.63) is 60.6 Å². The van der Waals surface area contributed by atoms with Gasteiger partial charge in [0.25, 0.3) is 0 Å². The van der Waals surface area contributed by atoms with Gasteiger partial charge in [0, 0.05) is 11.9 Å². The SMILES string of the molecule is COc1ncc(-c2cccc(-n3cnc4cc([C@@H](C)NC=O)ccc43)c2)c(OC)n1. The van der Waals surface area contributed by atoms with Gasteiger partial charge in [0.1, 0.15) is 6.33 Å². The topological polar surface area (TPSA) is 91.2 Å². The smallest absolute Gasteiger partial charge is 0.319 e. The Morgan fingerprint density at radius 3 is 2.73 bits per heavy atom. The van der Waals surface area contributed by atoms with Crippen LogP contribution in [0.4, 0.5) is 0 Å². The summed E-state index contributed by atoms with van der Waals surface area (Å²) in [4.78, 5) is 23.7. The molecular formula is C22H21N5O3. The molecule has 1 N–H and O–H groups in total. The van der Waals surface area contributed by atoms with Crippen LogP contribution in [-0.2, 0) is 4.79 Å². The number of rotatable bonds is 7. The average Bonchev–Trinajstić information content (AvgIpc) is 3.22. The number of ether oxygens (including phenoxy) is 2. The zero-order chi connectivity index (χ0) is 21.1. The molecule has 0 saturated heterocycles. The van der Waals surface area contributed by atoms with Gasteiger partial charge in [-0.05, 0) is 42.3 Å². The second-order valence-electron chi connectivity index (χ2n) is 6.70. The van der Waals surface area contributed by atoms with Gasteiger partial charge in [-0.3, -0.25) is 9.36 Å². The first-order chi connectivity index (χ1) is 14.6. The Morgan fingerprint density at radius 1 is 1.10 bits per heavy atom. The summed E-state index contributed by atoms with van der Waals surface area (Å²) in [7, 11) is 3.08. The van der Waals surface area contributed by atoms with Crippen LogP contribution in [0.3, 0.4) is 0 Å². The lowest BCUT2D eigenvalue weighted by atomic mass is 10.1. The minimum Gasteiger partial charge on any atom is -0.480 e. The Hall–Kier alpha value is -3.94. The van der Waals surface area contributed by atoms with Gasteiger partial charge in [0.15, 0.2) is 0 Å². The summed E-state index contributed by atoms with van der Waals surface area (Å²) in [6, 6.07) is 14.1. The fraction of sp³-hybridized carbons (Fsp3) is 0.182. The molecule has 0 aliphatic rings. The van der Waals surface area contributed by atoms with E-state index in [0.29, 0.717) is 12.3 Å². The first-order valence-electron chi connectivity index (χ1n) is 9.37. The van der Waals surface area contributed by atoms with Crippen LogP contribution in [-0.4, -0.2) is 40.1 Å². The highest BCUT2D eigenvalue weighted by Crippen LogP contribution is 2.31. The maximum absolute atomic E-state index is 10.7. The molecule has 0 spiro atoms. The van der Waals surface area contributed by atoms with Crippen LogP contribution in [0, 0.1) is 0 Å². The molecule has 0 fully saturated rings. The number of imidazole rings is 1. The van der Waals surface area contributed by atoms with E-state index >= 15 is 0 Å². The number of amides is 1. The van der Waals surface area contributed by atoms with E-state index < -0.39 is 0 Å². The summed E-state index contributed by atoms with van der Waals surface area (Å²) >= 11 is 0. The largest absolute Gasteiger partial charge is 0.480 e. The van der Waals surface area contributed by atoms with Crippen molar-refractivity contribution in [3.63, 3.8) is 0 Å². The number of nitrogens with zero attached hydrogens (tertiary/aromatic N) is 4. The highest BCUT2D eigenvalue weighted by Gasteiger charge is 2.13. The Morgan fingerprint density at radius 2 is 1.97 bits per heavy atom. The molecule has 30 heavy (non-hydrogen) atoms. The van der Waals surface area contributed by atoms with Crippen LogP contribution in [0.5, 0.6) is 11.9 Å². The number of carbonyl (C=O) groups is 1.